The summed E-state index contributed by atoms with van der Waals surface area (Å²) < 4.78 is 1.69. The van der Waals surface area contributed by atoms with E-state index in [2.05, 4.69) is 10.00 Å². The van der Waals surface area contributed by atoms with Gasteiger partial charge in [0.2, 0.25) is 5.91 Å². The molecule has 5 rings (SSSR count). The van der Waals surface area contributed by atoms with Crippen LogP contribution in [0, 0.1) is 0 Å². The maximum absolute atomic E-state index is 13.2. The second-order valence-electron chi connectivity index (χ2n) is 8.81. The van der Waals surface area contributed by atoms with Gasteiger partial charge in [0.15, 0.2) is 11.3 Å². The summed E-state index contributed by atoms with van der Waals surface area (Å²) in [5, 5.41) is 5.25. The highest BCUT2D eigenvalue weighted by atomic mass is 16.2. The van der Waals surface area contributed by atoms with Crippen LogP contribution in [0.15, 0.2) is 12.1 Å². The summed E-state index contributed by atoms with van der Waals surface area (Å²) >= 11 is 0. The molecule has 2 amide bonds. The van der Waals surface area contributed by atoms with E-state index < -0.39 is 0 Å². The van der Waals surface area contributed by atoms with Gasteiger partial charge in [0.1, 0.15) is 12.4 Å². The lowest BCUT2D eigenvalue weighted by Crippen LogP contribution is -2.56. The molecule has 3 fully saturated rings. The molecule has 0 bridgehead atoms. The van der Waals surface area contributed by atoms with E-state index in [1.54, 1.807) is 9.58 Å². The Morgan fingerprint density at radius 2 is 1.77 bits per heavy atom. The van der Waals surface area contributed by atoms with Crippen LogP contribution in [0.4, 0.5) is 5.82 Å². The van der Waals surface area contributed by atoms with Crippen LogP contribution >= 0.6 is 0 Å². The monoisotopic (exact) mass is 410 g/mol. The standard InChI is InChI=1S/C22H30N6O2/c1-25-21-17(9-10-18(23-21)26-11-4-2-3-5-12-26)20(24-25)22(30)27-13-14-28(19(29)15-27)16-7-6-8-16/h9-10,16H,2-8,11-15H2,1H3. The summed E-state index contributed by atoms with van der Waals surface area (Å²) in [4.78, 5) is 36.6. The van der Waals surface area contributed by atoms with Crippen LogP contribution in [0.25, 0.3) is 11.0 Å². The van der Waals surface area contributed by atoms with E-state index in [-0.39, 0.29) is 18.4 Å². The minimum absolute atomic E-state index is 0.0566. The van der Waals surface area contributed by atoms with Gasteiger partial charge in [-0.25, -0.2) is 9.67 Å². The van der Waals surface area contributed by atoms with E-state index in [1.165, 1.54) is 32.1 Å². The van der Waals surface area contributed by atoms with Crippen molar-refractivity contribution in [1.82, 2.24) is 24.6 Å². The number of piperazine rings is 1. The van der Waals surface area contributed by atoms with Crippen molar-refractivity contribution in [2.45, 2.75) is 51.0 Å². The maximum atomic E-state index is 13.2. The summed E-state index contributed by atoms with van der Waals surface area (Å²) in [6, 6.07) is 4.35. The number of anilines is 1. The molecular weight excluding hydrogens is 380 g/mol. The molecule has 3 aliphatic rings. The van der Waals surface area contributed by atoms with Crippen molar-refractivity contribution in [3.05, 3.63) is 17.8 Å². The molecule has 0 radical (unpaired) electrons. The van der Waals surface area contributed by atoms with Crippen molar-refractivity contribution < 1.29 is 9.59 Å². The van der Waals surface area contributed by atoms with Gasteiger partial charge in [-0.15, -0.1) is 0 Å². The highest BCUT2D eigenvalue weighted by Crippen LogP contribution is 2.27. The quantitative estimate of drug-likeness (QED) is 0.775. The molecule has 0 aromatic carbocycles. The van der Waals surface area contributed by atoms with Crippen LogP contribution < -0.4 is 4.90 Å². The number of hydrogen-bond acceptors (Lipinski definition) is 5. The van der Waals surface area contributed by atoms with E-state index in [4.69, 9.17) is 4.98 Å². The van der Waals surface area contributed by atoms with E-state index >= 15 is 0 Å². The van der Waals surface area contributed by atoms with Crippen molar-refractivity contribution in [2.75, 3.05) is 37.6 Å². The molecule has 0 spiro atoms. The molecule has 0 unspecified atom stereocenters. The highest BCUT2D eigenvalue weighted by Gasteiger charge is 2.35. The summed E-state index contributed by atoms with van der Waals surface area (Å²) in [7, 11) is 1.83. The van der Waals surface area contributed by atoms with Gasteiger partial charge in [0.25, 0.3) is 5.91 Å². The SMILES string of the molecule is Cn1nc(C(=O)N2CCN(C3CCC3)C(=O)C2)c2ccc(N3CCCCCC3)nc21. The van der Waals surface area contributed by atoms with Crippen LogP contribution in [0.3, 0.4) is 0 Å². The topological polar surface area (TPSA) is 74.6 Å². The minimum atomic E-state index is -0.175. The highest BCUT2D eigenvalue weighted by molar-refractivity contribution is 6.05. The Morgan fingerprint density at radius 1 is 1.00 bits per heavy atom. The molecule has 4 heterocycles. The zero-order valence-corrected chi connectivity index (χ0v) is 17.7. The second kappa shape index (κ2) is 7.89. The number of aromatic nitrogens is 3. The number of fused-ring (bicyclic) bond motifs is 1. The fraction of sp³-hybridized carbons (Fsp3) is 0.636. The van der Waals surface area contributed by atoms with E-state index in [9.17, 15) is 9.59 Å². The molecule has 160 valence electrons. The predicted molar refractivity (Wildman–Crippen MR) is 114 cm³/mol. The third-order valence-electron chi connectivity index (χ3n) is 6.86. The summed E-state index contributed by atoms with van der Waals surface area (Å²) in [5.74, 6) is 0.836. The molecule has 2 saturated heterocycles. The van der Waals surface area contributed by atoms with Crippen LogP contribution in [-0.4, -0.2) is 75.1 Å². The van der Waals surface area contributed by atoms with Crippen molar-refractivity contribution >= 4 is 28.7 Å². The van der Waals surface area contributed by atoms with Gasteiger partial charge in [-0.3, -0.25) is 9.59 Å². The lowest BCUT2D eigenvalue weighted by molar-refractivity contribution is -0.139. The average Bonchev–Trinajstić information content (AvgIpc) is 2.88. The molecule has 2 aromatic rings. The Kier molecular flexibility index (Phi) is 5.08. The first kappa shape index (κ1) is 19.3. The van der Waals surface area contributed by atoms with Gasteiger partial charge in [0, 0.05) is 39.3 Å². The molecular formula is C22H30N6O2. The number of aryl methyl sites for hydroxylation is 1. The average molecular weight is 411 g/mol. The Bertz CT molecular complexity index is 958. The molecule has 0 atom stereocenters. The number of rotatable bonds is 3. The fourth-order valence-corrected chi connectivity index (χ4v) is 4.85. The van der Waals surface area contributed by atoms with Gasteiger partial charge < -0.3 is 14.7 Å². The predicted octanol–water partition coefficient (Wildman–Crippen LogP) is 2.19. The normalized spacial score (nSPS) is 21.1. The Labute approximate surface area is 176 Å². The van der Waals surface area contributed by atoms with E-state index in [0.717, 1.165) is 42.8 Å². The summed E-state index contributed by atoms with van der Waals surface area (Å²) in [6.07, 6.45) is 8.31. The van der Waals surface area contributed by atoms with Crippen molar-refractivity contribution in [3.63, 3.8) is 0 Å². The Hall–Kier alpha value is -2.64. The molecule has 2 aromatic heterocycles. The van der Waals surface area contributed by atoms with Crippen molar-refractivity contribution in [2.24, 2.45) is 7.05 Å². The van der Waals surface area contributed by atoms with Crippen molar-refractivity contribution in [3.8, 4) is 0 Å². The number of carbonyl (C=O) groups excluding carboxylic acids is 2. The minimum Gasteiger partial charge on any atom is -0.357 e. The molecule has 8 nitrogen and oxygen atoms in total. The number of hydrogen-bond donors (Lipinski definition) is 0. The maximum Gasteiger partial charge on any atom is 0.275 e. The molecule has 1 saturated carbocycles. The number of amides is 2. The molecule has 8 heteroatoms. The van der Waals surface area contributed by atoms with Crippen LogP contribution in [0.2, 0.25) is 0 Å². The Balaban J connectivity index is 1.36. The lowest BCUT2D eigenvalue weighted by atomic mass is 9.91. The van der Waals surface area contributed by atoms with Crippen molar-refractivity contribution in [1.29, 1.82) is 0 Å². The van der Waals surface area contributed by atoms with Crippen LogP contribution in [-0.2, 0) is 11.8 Å². The third kappa shape index (κ3) is 3.42. The molecule has 1 aliphatic carbocycles. The van der Waals surface area contributed by atoms with Gasteiger partial charge >= 0.3 is 0 Å². The number of nitrogens with zero attached hydrogens (tertiary/aromatic N) is 6. The largest absolute Gasteiger partial charge is 0.357 e. The molecule has 30 heavy (non-hydrogen) atoms. The Morgan fingerprint density at radius 3 is 2.43 bits per heavy atom. The number of pyridine rings is 1. The fourth-order valence-electron chi connectivity index (χ4n) is 4.85. The van der Waals surface area contributed by atoms with Gasteiger partial charge in [-0.1, -0.05) is 12.8 Å². The van der Waals surface area contributed by atoms with E-state index in [0.29, 0.717) is 24.8 Å². The first-order valence-corrected chi connectivity index (χ1v) is 11.3. The molecule has 0 N–H and O–H groups in total. The molecule has 2 aliphatic heterocycles. The zero-order chi connectivity index (χ0) is 20.7. The third-order valence-corrected chi connectivity index (χ3v) is 6.86. The van der Waals surface area contributed by atoms with Gasteiger partial charge in [-0.2, -0.15) is 5.10 Å². The van der Waals surface area contributed by atoms with E-state index in [1.807, 2.05) is 24.1 Å². The first-order chi connectivity index (χ1) is 14.6. The zero-order valence-electron chi connectivity index (χ0n) is 17.7. The number of carbonyl (C=O) groups is 2. The first-order valence-electron chi connectivity index (χ1n) is 11.3. The lowest BCUT2D eigenvalue weighted by Gasteiger charge is -2.42. The van der Waals surface area contributed by atoms with Crippen LogP contribution in [0.1, 0.15) is 55.4 Å². The second-order valence-corrected chi connectivity index (χ2v) is 8.81. The van der Waals surface area contributed by atoms with Crippen LogP contribution in [0.5, 0.6) is 0 Å². The summed E-state index contributed by atoms with van der Waals surface area (Å²) in [6.45, 7) is 3.38. The summed E-state index contributed by atoms with van der Waals surface area (Å²) in [5.41, 5.74) is 1.12. The van der Waals surface area contributed by atoms with Gasteiger partial charge in [-0.05, 0) is 44.2 Å². The van der Waals surface area contributed by atoms with Gasteiger partial charge in [0.05, 0.1) is 5.39 Å². The smallest absolute Gasteiger partial charge is 0.275 e.